The molecule has 0 spiro atoms. The second-order valence-electron chi connectivity index (χ2n) is 3.79. The van der Waals surface area contributed by atoms with Gasteiger partial charge in [0, 0.05) is 5.56 Å². The number of nitrogens with one attached hydrogen (secondary N) is 1. The van der Waals surface area contributed by atoms with E-state index in [-0.39, 0.29) is 5.75 Å². The van der Waals surface area contributed by atoms with Crippen LogP contribution < -0.4 is 5.32 Å². The number of carbonyl (C=O) groups excluding carboxylic acids is 2. The number of imide groups is 1. The first-order chi connectivity index (χ1) is 9.04. The number of carboxylic acid groups (broad SMARTS) is 1. The van der Waals surface area contributed by atoms with Crippen molar-refractivity contribution in [3.8, 4) is 0 Å². The normalized spacial score (nSPS) is 11.6. The third-order valence-electron chi connectivity index (χ3n) is 2.35. The Balaban J connectivity index is 2.44. The fourth-order valence-electron chi connectivity index (χ4n) is 1.36. The molecule has 6 heteroatoms. The Labute approximate surface area is 115 Å². The minimum absolute atomic E-state index is 0.0522. The van der Waals surface area contributed by atoms with Crippen LogP contribution in [0.3, 0.4) is 0 Å². The van der Waals surface area contributed by atoms with Crippen molar-refractivity contribution in [3.63, 3.8) is 0 Å². The number of benzene rings is 1. The molecule has 0 aliphatic heterocycles. The van der Waals surface area contributed by atoms with Crippen molar-refractivity contribution < 1.29 is 19.5 Å². The Hall–Kier alpha value is -1.82. The minimum Gasteiger partial charge on any atom is -0.480 e. The summed E-state index contributed by atoms with van der Waals surface area (Å²) < 4.78 is 0. The molecule has 0 saturated carbocycles. The third-order valence-corrected chi connectivity index (χ3v) is 3.72. The molecule has 0 aliphatic carbocycles. The summed E-state index contributed by atoms with van der Waals surface area (Å²) in [5, 5.41) is 10.4. The topological polar surface area (TPSA) is 83.5 Å². The van der Waals surface area contributed by atoms with Gasteiger partial charge in [0.1, 0.15) is 5.25 Å². The summed E-state index contributed by atoms with van der Waals surface area (Å²) in [4.78, 5) is 33.9. The van der Waals surface area contributed by atoms with Crippen LogP contribution in [-0.4, -0.2) is 33.9 Å². The molecule has 0 bridgehead atoms. The number of aliphatic carboxylic acids is 1. The summed E-state index contributed by atoms with van der Waals surface area (Å²) in [7, 11) is 0. The van der Waals surface area contributed by atoms with Crippen LogP contribution in [0.25, 0.3) is 0 Å². The highest BCUT2D eigenvalue weighted by molar-refractivity contribution is 8.01. The van der Waals surface area contributed by atoms with Crippen LogP contribution in [0.5, 0.6) is 0 Å². The molecule has 0 heterocycles. The van der Waals surface area contributed by atoms with Gasteiger partial charge in [0.05, 0.1) is 5.75 Å². The highest BCUT2D eigenvalue weighted by Gasteiger charge is 2.18. The molecular formula is C13H15NO4S. The second kappa shape index (κ2) is 7.58. The summed E-state index contributed by atoms with van der Waals surface area (Å²) in [5.41, 5.74) is 0.395. The van der Waals surface area contributed by atoms with E-state index in [0.29, 0.717) is 12.0 Å². The molecule has 0 aromatic heterocycles. The third kappa shape index (κ3) is 5.13. The molecule has 0 fully saturated rings. The van der Waals surface area contributed by atoms with Crippen molar-refractivity contribution in [3.05, 3.63) is 35.9 Å². The zero-order valence-corrected chi connectivity index (χ0v) is 11.3. The van der Waals surface area contributed by atoms with Crippen molar-refractivity contribution in [1.29, 1.82) is 0 Å². The van der Waals surface area contributed by atoms with E-state index in [1.165, 1.54) is 0 Å². The number of carbonyl (C=O) groups is 3. The SMILES string of the molecule is CCC(SCC(=O)NC(=O)c1ccccc1)C(=O)O. The Kier molecular flexibility index (Phi) is 6.08. The van der Waals surface area contributed by atoms with E-state index < -0.39 is 23.0 Å². The Bertz CT molecular complexity index is 461. The maximum absolute atomic E-state index is 11.6. The van der Waals surface area contributed by atoms with Crippen molar-refractivity contribution in [2.45, 2.75) is 18.6 Å². The number of thioether (sulfide) groups is 1. The summed E-state index contributed by atoms with van der Waals surface area (Å²) in [6.45, 7) is 1.73. The van der Waals surface area contributed by atoms with E-state index in [0.717, 1.165) is 11.8 Å². The van der Waals surface area contributed by atoms with Crippen LogP contribution in [0.15, 0.2) is 30.3 Å². The van der Waals surface area contributed by atoms with E-state index in [4.69, 9.17) is 5.11 Å². The fourth-order valence-corrected chi connectivity index (χ4v) is 2.17. The number of rotatable bonds is 6. The first-order valence-electron chi connectivity index (χ1n) is 5.78. The van der Waals surface area contributed by atoms with Crippen molar-refractivity contribution in [2.24, 2.45) is 0 Å². The lowest BCUT2D eigenvalue weighted by molar-refractivity contribution is -0.136. The average molecular weight is 281 g/mol. The van der Waals surface area contributed by atoms with Gasteiger partial charge in [0.25, 0.3) is 5.91 Å². The molecule has 2 N–H and O–H groups in total. The van der Waals surface area contributed by atoms with E-state index >= 15 is 0 Å². The quantitative estimate of drug-likeness (QED) is 0.826. The van der Waals surface area contributed by atoms with E-state index in [1.54, 1.807) is 37.3 Å². The Morgan fingerprint density at radius 2 is 1.89 bits per heavy atom. The van der Waals surface area contributed by atoms with Gasteiger partial charge in [-0.15, -0.1) is 11.8 Å². The van der Waals surface area contributed by atoms with Crippen LogP contribution in [-0.2, 0) is 9.59 Å². The molecule has 1 rings (SSSR count). The highest BCUT2D eigenvalue weighted by atomic mass is 32.2. The van der Waals surface area contributed by atoms with Crippen LogP contribution in [0.4, 0.5) is 0 Å². The molecule has 1 atom stereocenters. The number of hydrogen-bond acceptors (Lipinski definition) is 4. The molecule has 1 aromatic rings. The predicted molar refractivity (Wildman–Crippen MR) is 73.1 cm³/mol. The first-order valence-corrected chi connectivity index (χ1v) is 6.83. The van der Waals surface area contributed by atoms with Gasteiger partial charge in [-0.2, -0.15) is 0 Å². The molecule has 0 radical (unpaired) electrons. The van der Waals surface area contributed by atoms with Gasteiger partial charge < -0.3 is 5.11 Å². The van der Waals surface area contributed by atoms with Crippen molar-refractivity contribution >= 4 is 29.5 Å². The monoisotopic (exact) mass is 281 g/mol. The van der Waals surface area contributed by atoms with Crippen LogP contribution in [0.2, 0.25) is 0 Å². The lowest BCUT2D eigenvalue weighted by atomic mass is 10.2. The summed E-state index contributed by atoms with van der Waals surface area (Å²) in [6.07, 6.45) is 0.430. The van der Waals surface area contributed by atoms with Gasteiger partial charge in [-0.1, -0.05) is 25.1 Å². The Morgan fingerprint density at radius 3 is 2.42 bits per heavy atom. The summed E-state index contributed by atoms with van der Waals surface area (Å²) >= 11 is 1.01. The van der Waals surface area contributed by atoms with Gasteiger partial charge in [0.2, 0.25) is 5.91 Å². The van der Waals surface area contributed by atoms with Gasteiger partial charge in [-0.25, -0.2) is 0 Å². The maximum Gasteiger partial charge on any atom is 0.316 e. The average Bonchev–Trinajstić information content (AvgIpc) is 2.40. The number of amides is 2. The van der Waals surface area contributed by atoms with Gasteiger partial charge in [-0.05, 0) is 18.6 Å². The predicted octanol–water partition coefficient (Wildman–Crippen LogP) is 1.54. The first kappa shape index (κ1) is 15.2. The summed E-state index contributed by atoms with van der Waals surface area (Å²) in [6, 6.07) is 8.37. The largest absolute Gasteiger partial charge is 0.480 e. The molecular weight excluding hydrogens is 266 g/mol. The maximum atomic E-state index is 11.6. The number of hydrogen-bond donors (Lipinski definition) is 2. The molecule has 2 amide bonds. The minimum atomic E-state index is -0.949. The highest BCUT2D eigenvalue weighted by Crippen LogP contribution is 2.14. The zero-order chi connectivity index (χ0) is 14.3. The van der Waals surface area contributed by atoms with E-state index in [9.17, 15) is 14.4 Å². The molecule has 0 aliphatic rings. The zero-order valence-electron chi connectivity index (χ0n) is 10.5. The second-order valence-corrected chi connectivity index (χ2v) is 4.98. The van der Waals surface area contributed by atoms with Crippen LogP contribution in [0.1, 0.15) is 23.7 Å². The fraction of sp³-hybridized carbons (Fsp3) is 0.308. The van der Waals surface area contributed by atoms with E-state index in [1.807, 2.05) is 0 Å². The molecule has 1 aromatic carbocycles. The van der Waals surface area contributed by atoms with E-state index in [2.05, 4.69) is 5.32 Å². The summed E-state index contributed by atoms with van der Waals surface area (Å²) in [5.74, 6) is -1.97. The molecule has 19 heavy (non-hydrogen) atoms. The standard InChI is InChI=1S/C13H15NO4S/c1-2-10(13(17)18)19-8-11(15)14-12(16)9-6-4-3-5-7-9/h3-7,10H,2,8H2,1H3,(H,17,18)(H,14,15,16). The smallest absolute Gasteiger partial charge is 0.316 e. The van der Waals surface area contributed by atoms with Gasteiger partial charge >= 0.3 is 5.97 Å². The lowest BCUT2D eigenvalue weighted by Crippen LogP contribution is -2.32. The lowest BCUT2D eigenvalue weighted by Gasteiger charge is -2.09. The van der Waals surface area contributed by atoms with Crippen LogP contribution in [0, 0.1) is 0 Å². The Morgan fingerprint density at radius 1 is 1.26 bits per heavy atom. The van der Waals surface area contributed by atoms with Crippen LogP contribution >= 0.6 is 11.8 Å². The molecule has 1 unspecified atom stereocenters. The molecule has 0 saturated heterocycles. The molecule has 5 nitrogen and oxygen atoms in total. The van der Waals surface area contributed by atoms with Crippen molar-refractivity contribution in [1.82, 2.24) is 5.32 Å². The van der Waals surface area contributed by atoms with Crippen molar-refractivity contribution in [2.75, 3.05) is 5.75 Å². The molecule has 102 valence electrons. The number of carboxylic acids is 1. The van der Waals surface area contributed by atoms with Gasteiger partial charge in [0.15, 0.2) is 0 Å². The van der Waals surface area contributed by atoms with Gasteiger partial charge in [-0.3, -0.25) is 19.7 Å².